The van der Waals surface area contributed by atoms with Crippen LogP contribution in [-0.4, -0.2) is 11.6 Å². The Labute approximate surface area is 70.2 Å². The maximum atomic E-state index is 5.56. The molecule has 0 spiro atoms. The Morgan fingerprint density at radius 2 is 1.82 bits per heavy atom. The Kier molecular flexibility index (Phi) is 2.71. The van der Waals surface area contributed by atoms with E-state index in [0.717, 1.165) is 5.69 Å². The molecule has 1 atom stereocenters. The third-order valence-electron chi connectivity index (χ3n) is 1.61. The van der Waals surface area contributed by atoms with E-state index < -0.39 is 0 Å². The van der Waals surface area contributed by atoms with Crippen molar-refractivity contribution < 1.29 is 0 Å². The molecule has 1 aromatic rings. The quantitative estimate of drug-likeness (QED) is 0.504. The summed E-state index contributed by atoms with van der Waals surface area (Å²) in [4.78, 5) is 1.35. The number of hydrogen-bond acceptors (Lipinski definition) is 1. The minimum atomic E-state index is 0.271. The highest BCUT2D eigenvalue weighted by molar-refractivity contribution is 8.14. The van der Waals surface area contributed by atoms with Crippen LogP contribution < -0.4 is 5.73 Å². The number of rotatable bonds is 1. The van der Waals surface area contributed by atoms with Crippen molar-refractivity contribution in [1.29, 1.82) is 0 Å². The summed E-state index contributed by atoms with van der Waals surface area (Å²) in [5.74, 6) is 0. The van der Waals surface area contributed by atoms with Crippen molar-refractivity contribution in [3.63, 3.8) is 0 Å². The molecule has 1 unspecified atom stereocenters. The maximum Gasteiger partial charge on any atom is 0.0314 e. The maximum absolute atomic E-state index is 5.56. The first-order valence-electron chi connectivity index (χ1n) is 3.54. The van der Waals surface area contributed by atoms with E-state index in [1.54, 1.807) is 0 Å². The molecule has 1 rings (SSSR count). The molecule has 0 radical (unpaired) electrons. The zero-order valence-corrected chi connectivity index (χ0v) is 7.69. The standard InChI is InChI=1S/C9H13NS/c1-3-11(2)9-6-4-8(10)5-7-9/h3-7H,10H2,1-2H3. The Hall–Kier alpha value is -0.760. The van der Waals surface area contributed by atoms with Crippen LogP contribution >= 0.6 is 10.5 Å². The molecule has 0 amide bonds. The van der Waals surface area contributed by atoms with Crippen molar-refractivity contribution in [2.24, 2.45) is 0 Å². The minimum Gasteiger partial charge on any atom is -0.399 e. The predicted molar refractivity (Wildman–Crippen MR) is 54.4 cm³/mol. The molecule has 0 aromatic heterocycles. The van der Waals surface area contributed by atoms with Crippen LogP contribution in [0.15, 0.2) is 29.2 Å². The fourth-order valence-corrected chi connectivity index (χ4v) is 1.66. The summed E-state index contributed by atoms with van der Waals surface area (Å²) in [6.45, 7) is 2.08. The van der Waals surface area contributed by atoms with Crippen LogP contribution in [0.4, 0.5) is 5.69 Å². The second kappa shape index (κ2) is 3.58. The highest BCUT2D eigenvalue weighted by Crippen LogP contribution is 2.22. The molecule has 1 aromatic carbocycles. The van der Waals surface area contributed by atoms with Gasteiger partial charge in [-0.1, -0.05) is 5.37 Å². The Balaban J connectivity index is 2.99. The van der Waals surface area contributed by atoms with E-state index in [4.69, 9.17) is 5.73 Å². The minimum absolute atomic E-state index is 0.271. The van der Waals surface area contributed by atoms with Gasteiger partial charge in [-0.2, -0.15) is 10.5 Å². The van der Waals surface area contributed by atoms with Gasteiger partial charge in [-0.05, 0) is 37.4 Å². The SMILES string of the molecule is C/C=S(/C)c1ccc(N)cc1. The lowest BCUT2D eigenvalue weighted by atomic mass is 10.3. The first-order chi connectivity index (χ1) is 5.24. The molecule has 0 aliphatic carbocycles. The lowest BCUT2D eigenvalue weighted by molar-refractivity contribution is 1.47. The number of nitrogens with two attached hydrogens (primary N) is 1. The summed E-state index contributed by atoms with van der Waals surface area (Å²) in [5, 5.41) is 2.20. The predicted octanol–water partition coefficient (Wildman–Crippen LogP) is 2.35. The normalized spacial score (nSPS) is 13.3. The molecule has 0 saturated carbocycles. The average Bonchev–Trinajstić information content (AvgIpc) is 2.05. The summed E-state index contributed by atoms with van der Waals surface area (Å²) in [7, 11) is 0.271. The number of hydrogen-bond donors (Lipinski definition) is 1. The van der Waals surface area contributed by atoms with Gasteiger partial charge in [0.25, 0.3) is 0 Å². The van der Waals surface area contributed by atoms with Crippen LogP contribution in [0.2, 0.25) is 0 Å². The Bertz CT molecular complexity index is 261. The highest BCUT2D eigenvalue weighted by atomic mass is 32.2. The fraction of sp³-hybridized carbons (Fsp3) is 0.222. The molecule has 60 valence electrons. The van der Waals surface area contributed by atoms with Crippen molar-refractivity contribution in [2.45, 2.75) is 11.8 Å². The van der Waals surface area contributed by atoms with Gasteiger partial charge in [0.15, 0.2) is 0 Å². The third kappa shape index (κ3) is 2.09. The molecule has 0 heterocycles. The van der Waals surface area contributed by atoms with Gasteiger partial charge in [-0.3, -0.25) is 0 Å². The molecular weight excluding hydrogens is 154 g/mol. The van der Waals surface area contributed by atoms with Gasteiger partial charge in [0, 0.05) is 10.6 Å². The van der Waals surface area contributed by atoms with Gasteiger partial charge >= 0.3 is 0 Å². The topological polar surface area (TPSA) is 26.0 Å². The summed E-state index contributed by atoms with van der Waals surface area (Å²) in [6.07, 6.45) is 2.20. The van der Waals surface area contributed by atoms with Gasteiger partial charge in [0.1, 0.15) is 0 Å². The van der Waals surface area contributed by atoms with E-state index in [1.165, 1.54) is 4.90 Å². The fourth-order valence-electron chi connectivity index (χ4n) is 0.819. The number of benzene rings is 1. The van der Waals surface area contributed by atoms with Crippen LogP contribution in [-0.2, 0) is 0 Å². The van der Waals surface area contributed by atoms with E-state index >= 15 is 0 Å². The zero-order chi connectivity index (χ0) is 8.27. The van der Waals surface area contributed by atoms with Crippen molar-refractivity contribution in [2.75, 3.05) is 12.0 Å². The van der Waals surface area contributed by atoms with E-state index in [9.17, 15) is 0 Å². The smallest absolute Gasteiger partial charge is 0.0314 e. The van der Waals surface area contributed by atoms with Gasteiger partial charge in [0.05, 0.1) is 0 Å². The van der Waals surface area contributed by atoms with Crippen LogP contribution in [0.1, 0.15) is 6.92 Å². The van der Waals surface area contributed by atoms with Gasteiger partial charge < -0.3 is 5.73 Å². The second-order valence-electron chi connectivity index (χ2n) is 2.36. The van der Waals surface area contributed by atoms with Gasteiger partial charge in [0.2, 0.25) is 0 Å². The van der Waals surface area contributed by atoms with Crippen molar-refractivity contribution in [3.05, 3.63) is 24.3 Å². The number of nitrogen functional groups attached to an aromatic ring is 1. The first kappa shape index (κ1) is 8.34. The molecule has 0 aliphatic rings. The lowest BCUT2D eigenvalue weighted by Gasteiger charge is -2.01. The lowest BCUT2D eigenvalue weighted by Crippen LogP contribution is -1.83. The average molecular weight is 167 g/mol. The molecule has 0 saturated heterocycles. The largest absolute Gasteiger partial charge is 0.399 e. The van der Waals surface area contributed by atoms with Crippen LogP contribution in [0.5, 0.6) is 0 Å². The molecule has 11 heavy (non-hydrogen) atoms. The van der Waals surface area contributed by atoms with Gasteiger partial charge in [-0.15, -0.1) is 0 Å². The van der Waals surface area contributed by atoms with E-state index in [-0.39, 0.29) is 10.5 Å². The Morgan fingerprint density at radius 3 is 2.27 bits per heavy atom. The second-order valence-corrected chi connectivity index (χ2v) is 4.42. The molecule has 0 fully saturated rings. The van der Waals surface area contributed by atoms with Crippen molar-refractivity contribution in [1.82, 2.24) is 0 Å². The zero-order valence-electron chi connectivity index (χ0n) is 6.87. The molecule has 0 bridgehead atoms. The van der Waals surface area contributed by atoms with Crippen LogP contribution in [0.3, 0.4) is 0 Å². The molecule has 2 N–H and O–H groups in total. The number of anilines is 1. The van der Waals surface area contributed by atoms with Crippen LogP contribution in [0.25, 0.3) is 0 Å². The summed E-state index contributed by atoms with van der Waals surface area (Å²) in [6, 6.07) is 8.06. The van der Waals surface area contributed by atoms with E-state index in [1.807, 2.05) is 12.1 Å². The monoisotopic (exact) mass is 167 g/mol. The van der Waals surface area contributed by atoms with Gasteiger partial charge in [-0.25, -0.2) is 0 Å². The Morgan fingerprint density at radius 1 is 1.27 bits per heavy atom. The van der Waals surface area contributed by atoms with Crippen molar-refractivity contribution in [3.8, 4) is 0 Å². The highest BCUT2D eigenvalue weighted by Gasteiger charge is 1.90. The van der Waals surface area contributed by atoms with Crippen molar-refractivity contribution >= 4 is 21.5 Å². The van der Waals surface area contributed by atoms with E-state index in [0.29, 0.717) is 0 Å². The molecular formula is C9H13NS. The molecule has 0 aliphatic heterocycles. The molecule has 1 nitrogen and oxygen atoms in total. The summed E-state index contributed by atoms with van der Waals surface area (Å²) >= 11 is 0. The molecule has 2 heteroatoms. The van der Waals surface area contributed by atoms with E-state index in [2.05, 4.69) is 30.7 Å². The summed E-state index contributed by atoms with van der Waals surface area (Å²) in [5.41, 5.74) is 6.40. The third-order valence-corrected chi connectivity index (χ3v) is 3.33. The first-order valence-corrected chi connectivity index (χ1v) is 5.23. The van der Waals surface area contributed by atoms with Crippen LogP contribution in [0, 0.1) is 0 Å². The summed E-state index contributed by atoms with van der Waals surface area (Å²) < 4.78 is 0.